The van der Waals surface area contributed by atoms with E-state index in [1.807, 2.05) is 13.8 Å². The summed E-state index contributed by atoms with van der Waals surface area (Å²) < 4.78 is 13.5. The first-order valence-corrected chi connectivity index (χ1v) is 6.74. The largest absolute Gasteiger partial charge is 0.357 e. The zero-order chi connectivity index (χ0) is 15.1. The van der Waals surface area contributed by atoms with Crippen LogP contribution in [0.15, 0.2) is 24.3 Å². The molecule has 2 N–H and O–H groups in total. The first kappa shape index (κ1) is 16.1. The van der Waals surface area contributed by atoms with E-state index in [9.17, 15) is 14.0 Å². The first-order valence-electron chi connectivity index (χ1n) is 6.74. The number of likely N-dealkylation sites (N-methyl/N-ethyl adjacent to an activating group) is 1. The summed E-state index contributed by atoms with van der Waals surface area (Å²) in [4.78, 5) is 23.7. The molecule has 110 valence electrons. The van der Waals surface area contributed by atoms with E-state index in [2.05, 4.69) is 10.6 Å². The van der Waals surface area contributed by atoms with Crippen LogP contribution in [0, 0.1) is 11.7 Å². The summed E-state index contributed by atoms with van der Waals surface area (Å²) in [6.07, 6.45) is 0.689. The summed E-state index contributed by atoms with van der Waals surface area (Å²) in [5.41, 5.74) is 0.324. The molecule has 0 aromatic heterocycles. The topological polar surface area (TPSA) is 58.2 Å². The molecule has 0 spiro atoms. The van der Waals surface area contributed by atoms with Crippen molar-refractivity contribution in [1.82, 2.24) is 10.6 Å². The van der Waals surface area contributed by atoms with Gasteiger partial charge in [-0.05, 0) is 17.5 Å². The number of nitrogens with one attached hydrogen (secondary N) is 2. The van der Waals surface area contributed by atoms with Gasteiger partial charge in [-0.15, -0.1) is 0 Å². The van der Waals surface area contributed by atoms with E-state index in [0.29, 0.717) is 5.56 Å². The van der Waals surface area contributed by atoms with Crippen LogP contribution in [0.2, 0.25) is 0 Å². The van der Waals surface area contributed by atoms with Crippen molar-refractivity contribution in [1.29, 1.82) is 0 Å². The van der Waals surface area contributed by atoms with Gasteiger partial charge in [0.25, 0.3) is 0 Å². The van der Waals surface area contributed by atoms with Gasteiger partial charge in [-0.1, -0.05) is 38.5 Å². The van der Waals surface area contributed by atoms with Crippen LogP contribution in [0.25, 0.3) is 0 Å². The number of hydrogen-bond acceptors (Lipinski definition) is 2. The molecule has 0 saturated heterocycles. The Morgan fingerprint density at radius 1 is 1.30 bits per heavy atom. The fraction of sp³-hybridized carbons (Fsp3) is 0.467. The maximum atomic E-state index is 13.5. The molecule has 20 heavy (non-hydrogen) atoms. The number of halogens is 1. The zero-order valence-electron chi connectivity index (χ0n) is 12.1. The minimum Gasteiger partial charge on any atom is -0.357 e. The lowest BCUT2D eigenvalue weighted by Gasteiger charge is -2.22. The number of benzene rings is 1. The number of carbonyl (C=O) groups excluding carboxylic acids is 2. The van der Waals surface area contributed by atoms with Gasteiger partial charge in [0, 0.05) is 7.05 Å². The third-order valence-corrected chi connectivity index (χ3v) is 3.37. The molecular formula is C15H21FN2O2. The minimum atomic E-state index is -0.593. The molecule has 1 aromatic rings. The summed E-state index contributed by atoms with van der Waals surface area (Å²) in [6, 6.07) is 5.53. The summed E-state index contributed by atoms with van der Waals surface area (Å²) in [5, 5.41) is 5.21. The van der Waals surface area contributed by atoms with E-state index < -0.39 is 11.9 Å². The second kappa shape index (κ2) is 7.62. The molecule has 0 aliphatic rings. The van der Waals surface area contributed by atoms with Crippen LogP contribution in [-0.4, -0.2) is 24.9 Å². The van der Waals surface area contributed by atoms with Gasteiger partial charge in [0.1, 0.15) is 11.9 Å². The summed E-state index contributed by atoms with van der Waals surface area (Å²) >= 11 is 0. The molecular weight excluding hydrogens is 259 g/mol. The molecule has 0 aliphatic heterocycles. The SMILES string of the molecule is CCC(C)[C@H](NC(=O)Cc1ccccc1F)C(=O)NC. The quantitative estimate of drug-likeness (QED) is 0.832. The van der Waals surface area contributed by atoms with Gasteiger partial charge < -0.3 is 10.6 Å². The normalized spacial score (nSPS) is 13.4. The molecule has 0 bridgehead atoms. The third-order valence-electron chi connectivity index (χ3n) is 3.37. The van der Waals surface area contributed by atoms with Crippen LogP contribution in [0.4, 0.5) is 4.39 Å². The van der Waals surface area contributed by atoms with Crippen molar-refractivity contribution in [2.24, 2.45) is 5.92 Å². The summed E-state index contributed by atoms with van der Waals surface area (Å²) in [7, 11) is 1.53. The fourth-order valence-electron chi connectivity index (χ4n) is 1.90. The predicted molar refractivity (Wildman–Crippen MR) is 75.6 cm³/mol. The van der Waals surface area contributed by atoms with Gasteiger partial charge in [-0.3, -0.25) is 9.59 Å². The van der Waals surface area contributed by atoms with Crippen LogP contribution in [0.5, 0.6) is 0 Å². The second-order valence-corrected chi connectivity index (χ2v) is 4.81. The molecule has 1 aromatic carbocycles. The Bertz CT molecular complexity index is 477. The molecule has 0 saturated carbocycles. The van der Waals surface area contributed by atoms with Crippen molar-refractivity contribution in [2.45, 2.75) is 32.7 Å². The Hall–Kier alpha value is -1.91. The Labute approximate surface area is 118 Å². The highest BCUT2D eigenvalue weighted by Gasteiger charge is 2.25. The van der Waals surface area contributed by atoms with Crippen LogP contribution >= 0.6 is 0 Å². The Balaban J connectivity index is 2.72. The number of amides is 2. The standard InChI is InChI=1S/C15H21FN2O2/c1-4-10(2)14(15(20)17-3)18-13(19)9-11-7-5-6-8-12(11)16/h5-8,10,14H,4,9H2,1-3H3,(H,17,20)(H,18,19)/t10?,14-/m0/s1. The van der Waals surface area contributed by atoms with Crippen molar-refractivity contribution in [2.75, 3.05) is 7.05 Å². The smallest absolute Gasteiger partial charge is 0.242 e. The number of rotatable bonds is 6. The Morgan fingerprint density at radius 3 is 2.50 bits per heavy atom. The lowest BCUT2D eigenvalue weighted by Crippen LogP contribution is -2.49. The first-order chi connectivity index (χ1) is 9.49. The van der Waals surface area contributed by atoms with E-state index >= 15 is 0 Å². The van der Waals surface area contributed by atoms with E-state index in [1.54, 1.807) is 18.2 Å². The van der Waals surface area contributed by atoms with Crippen LogP contribution in [-0.2, 0) is 16.0 Å². The van der Waals surface area contributed by atoms with Crippen molar-refractivity contribution in [3.8, 4) is 0 Å². The molecule has 0 fully saturated rings. The Kier molecular flexibility index (Phi) is 6.15. The molecule has 4 nitrogen and oxygen atoms in total. The lowest BCUT2D eigenvalue weighted by atomic mass is 9.98. The number of carbonyl (C=O) groups is 2. The predicted octanol–water partition coefficient (Wildman–Crippen LogP) is 1.65. The molecule has 0 radical (unpaired) electrons. The fourth-order valence-corrected chi connectivity index (χ4v) is 1.90. The average molecular weight is 280 g/mol. The summed E-state index contributed by atoms with van der Waals surface area (Å²) in [5.74, 6) is -0.993. The monoisotopic (exact) mass is 280 g/mol. The highest BCUT2D eigenvalue weighted by molar-refractivity contribution is 5.88. The molecule has 1 rings (SSSR count). The third kappa shape index (κ3) is 4.33. The molecule has 0 aliphatic carbocycles. The van der Waals surface area contributed by atoms with Gasteiger partial charge in [0.15, 0.2) is 0 Å². The van der Waals surface area contributed by atoms with Crippen molar-refractivity contribution >= 4 is 11.8 Å². The van der Waals surface area contributed by atoms with E-state index in [1.165, 1.54) is 13.1 Å². The summed E-state index contributed by atoms with van der Waals surface area (Å²) in [6.45, 7) is 3.84. The van der Waals surface area contributed by atoms with Gasteiger partial charge in [0.05, 0.1) is 6.42 Å². The van der Waals surface area contributed by atoms with Crippen molar-refractivity contribution in [3.63, 3.8) is 0 Å². The van der Waals surface area contributed by atoms with Crippen molar-refractivity contribution in [3.05, 3.63) is 35.6 Å². The molecule has 2 amide bonds. The minimum absolute atomic E-state index is 0.0134. The highest BCUT2D eigenvalue weighted by Crippen LogP contribution is 2.10. The maximum absolute atomic E-state index is 13.5. The number of hydrogen-bond donors (Lipinski definition) is 2. The van der Waals surface area contributed by atoms with Gasteiger partial charge in [0.2, 0.25) is 11.8 Å². The average Bonchev–Trinajstić information content (AvgIpc) is 2.45. The Morgan fingerprint density at radius 2 is 1.95 bits per heavy atom. The van der Waals surface area contributed by atoms with E-state index in [4.69, 9.17) is 0 Å². The maximum Gasteiger partial charge on any atom is 0.242 e. The highest BCUT2D eigenvalue weighted by atomic mass is 19.1. The van der Waals surface area contributed by atoms with Crippen LogP contribution < -0.4 is 10.6 Å². The second-order valence-electron chi connectivity index (χ2n) is 4.81. The van der Waals surface area contributed by atoms with Gasteiger partial charge in [-0.25, -0.2) is 4.39 Å². The van der Waals surface area contributed by atoms with Gasteiger partial charge in [-0.2, -0.15) is 0 Å². The zero-order valence-corrected chi connectivity index (χ0v) is 12.1. The molecule has 2 atom stereocenters. The van der Waals surface area contributed by atoms with E-state index in [0.717, 1.165) is 6.42 Å². The molecule has 1 unspecified atom stereocenters. The van der Waals surface area contributed by atoms with Gasteiger partial charge >= 0.3 is 0 Å². The van der Waals surface area contributed by atoms with E-state index in [-0.39, 0.29) is 24.2 Å². The van der Waals surface area contributed by atoms with Crippen molar-refractivity contribution < 1.29 is 14.0 Å². The van der Waals surface area contributed by atoms with Crippen LogP contribution in [0.1, 0.15) is 25.8 Å². The molecule has 5 heteroatoms. The lowest BCUT2D eigenvalue weighted by molar-refractivity contribution is -0.129. The van der Waals surface area contributed by atoms with Crippen LogP contribution in [0.3, 0.4) is 0 Å². The molecule has 0 heterocycles.